The Morgan fingerprint density at radius 3 is 2.63 bits per heavy atom. The maximum atomic E-state index is 11.5. The Labute approximate surface area is 116 Å². The molecule has 0 atom stereocenters. The highest BCUT2D eigenvalue weighted by molar-refractivity contribution is 6.83. The molecular weight excluding hydrogens is 254 g/mol. The van der Waals surface area contributed by atoms with E-state index in [2.05, 4.69) is 36.4 Å². The molecule has 3 nitrogen and oxygen atoms in total. The van der Waals surface area contributed by atoms with Crippen molar-refractivity contribution in [2.24, 2.45) is 0 Å². The minimum Gasteiger partial charge on any atom is -0.450 e. The van der Waals surface area contributed by atoms with E-state index in [1.54, 1.807) is 6.92 Å². The summed E-state index contributed by atoms with van der Waals surface area (Å²) in [5.41, 5.74) is 5.97. The molecule has 1 amide bonds. The van der Waals surface area contributed by atoms with E-state index in [1.165, 1.54) is 0 Å². The van der Waals surface area contributed by atoms with Gasteiger partial charge in [0.2, 0.25) is 0 Å². The molecule has 1 N–H and O–H groups in total. The Hall–Kier alpha value is -1.73. The Balaban J connectivity index is 3.04. The molecule has 102 valence electrons. The summed E-state index contributed by atoms with van der Waals surface area (Å²) < 4.78 is 4.89. The van der Waals surface area contributed by atoms with Crippen molar-refractivity contribution in [3.63, 3.8) is 0 Å². The van der Waals surface area contributed by atoms with E-state index in [9.17, 15) is 4.79 Å². The number of rotatable bonds is 2. The Morgan fingerprint density at radius 1 is 1.37 bits per heavy atom. The number of ether oxygens (including phenoxy) is 1. The Morgan fingerprint density at radius 2 is 2.05 bits per heavy atom. The summed E-state index contributed by atoms with van der Waals surface area (Å²) in [5, 5.41) is 2.73. The highest BCUT2D eigenvalue weighted by Gasteiger charge is 2.09. The first-order chi connectivity index (χ1) is 8.81. The van der Waals surface area contributed by atoms with Crippen molar-refractivity contribution in [3.8, 4) is 11.5 Å². The van der Waals surface area contributed by atoms with Gasteiger partial charge in [-0.2, -0.15) is 0 Å². The SMILES string of the molecule is CCOC(=O)Nc1ccc(C)cc1C#C[Si](C)(C)C. The average molecular weight is 275 g/mol. The molecule has 1 aromatic rings. The van der Waals surface area contributed by atoms with E-state index in [0.29, 0.717) is 12.3 Å². The van der Waals surface area contributed by atoms with E-state index in [4.69, 9.17) is 4.74 Å². The zero-order valence-corrected chi connectivity index (χ0v) is 13.3. The summed E-state index contributed by atoms with van der Waals surface area (Å²) in [5.74, 6) is 3.18. The van der Waals surface area contributed by atoms with Crippen LogP contribution in [0.5, 0.6) is 0 Å². The number of hydrogen-bond donors (Lipinski definition) is 1. The van der Waals surface area contributed by atoms with Crippen LogP contribution in [0.3, 0.4) is 0 Å². The summed E-state index contributed by atoms with van der Waals surface area (Å²) in [6, 6.07) is 5.79. The van der Waals surface area contributed by atoms with Gasteiger partial charge in [-0.25, -0.2) is 4.79 Å². The molecule has 4 heteroatoms. The fraction of sp³-hybridized carbons (Fsp3) is 0.400. The van der Waals surface area contributed by atoms with Crippen LogP contribution in [-0.2, 0) is 4.74 Å². The third kappa shape index (κ3) is 5.62. The van der Waals surface area contributed by atoms with Crippen molar-refractivity contribution in [1.82, 2.24) is 0 Å². The van der Waals surface area contributed by atoms with Crippen LogP contribution in [0.15, 0.2) is 18.2 Å². The lowest BCUT2D eigenvalue weighted by molar-refractivity contribution is 0.168. The fourth-order valence-electron chi connectivity index (χ4n) is 1.40. The van der Waals surface area contributed by atoms with Gasteiger partial charge in [0, 0.05) is 5.56 Å². The molecule has 1 rings (SSSR count). The first-order valence-corrected chi connectivity index (χ1v) is 9.89. The maximum Gasteiger partial charge on any atom is 0.411 e. The summed E-state index contributed by atoms with van der Waals surface area (Å²) in [7, 11) is -1.44. The molecule has 0 saturated heterocycles. The fourth-order valence-corrected chi connectivity index (χ4v) is 1.91. The van der Waals surface area contributed by atoms with E-state index < -0.39 is 14.2 Å². The first-order valence-electron chi connectivity index (χ1n) is 6.39. The number of aryl methyl sites for hydroxylation is 1. The van der Waals surface area contributed by atoms with Gasteiger partial charge in [-0.05, 0) is 31.5 Å². The zero-order valence-electron chi connectivity index (χ0n) is 12.3. The van der Waals surface area contributed by atoms with Crippen molar-refractivity contribution < 1.29 is 9.53 Å². The molecular formula is C15H21NO2Si. The van der Waals surface area contributed by atoms with Gasteiger partial charge in [0.05, 0.1) is 12.3 Å². The molecule has 0 spiro atoms. The van der Waals surface area contributed by atoms with Crippen LogP contribution >= 0.6 is 0 Å². The van der Waals surface area contributed by atoms with Crippen LogP contribution in [0.1, 0.15) is 18.1 Å². The van der Waals surface area contributed by atoms with Crippen molar-refractivity contribution in [2.75, 3.05) is 11.9 Å². The van der Waals surface area contributed by atoms with Crippen LogP contribution in [-0.4, -0.2) is 20.8 Å². The van der Waals surface area contributed by atoms with Gasteiger partial charge < -0.3 is 4.74 Å². The summed E-state index contributed by atoms with van der Waals surface area (Å²) >= 11 is 0. The Kier molecular flexibility index (Phi) is 5.19. The van der Waals surface area contributed by atoms with Gasteiger partial charge in [-0.15, -0.1) is 5.54 Å². The predicted molar refractivity (Wildman–Crippen MR) is 82.0 cm³/mol. The summed E-state index contributed by atoms with van der Waals surface area (Å²) in [4.78, 5) is 11.5. The van der Waals surface area contributed by atoms with Crippen molar-refractivity contribution >= 4 is 19.9 Å². The minimum absolute atomic E-state index is 0.355. The number of carbonyl (C=O) groups is 1. The third-order valence-corrected chi connectivity index (χ3v) is 3.13. The normalized spacial score (nSPS) is 10.4. The molecule has 0 fully saturated rings. The molecule has 0 aliphatic carbocycles. The molecule has 0 saturated carbocycles. The second kappa shape index (κ2) is 6.44. The minimum atomic E-state index is -1.44. The molecule has 0 aromatic heterocycles. The third-order valence-electron chi connectivity index (χ3n) is 2.26. The van der Waals surface area contributed by atoms with Crippen molar-refractivity contribution in [2.45, 2.75) is 33.5 Å². The molecule has 19 heavy (non-hydrogen) atoms. The lowest BCUT2D eigenvalue weighted by atomic mass is 10.1. The number of amides is 1. The Bertz CT molecular complexity index is 521. The zero-order chi connectivity index (χ0) is 14.5. The lowest BCUT2D eigenvalue weighted by Gasteiger charge is -2.09. The molecule has 0 aliphatic heterocycles. The van der Waals surface area contributed by atoms with E-state index in [-0.39, 0.29) is 0 Å². The van der Waals surface area contributed by atoms with E-state index >= 15 is 0 Å². The highest BCUT2D eigenvalue weighted by Crippen LogP contribution is 2.17. The van der Waals surface area contributed by atoms with Crippen LogP contribution in [0.25, 0.3) is 0 Å². The van der Waals surface area contributed by atoms with Gasteiger partial charge in [0.1, 0.15) is 8.07 Å². The highest BCUT2D eigenvalue weighted by atomic mass is 28.3. The number of nitrogens with one attached hydrogen (secondary N) is 1. The van der Waals surface area contributed by atoms with Gasteiger partial charge >= 0.3 is 6.09 Å². The number of benzene rings is 1. The molecule has 0 aliphatic rings. The quantitative estimate of drug-likeness (QED) is 0.658. The van der Waals surface area contributed by atoms with Crippen LogP contribution in [0.2, 0.25) is 19.6 Å². The monoisotopic (exact) mass is 275 g/mol. The van der Waals surface area contributed by atoms with Crippen molar-refractivity contribution in [1.29, 1.82) is 0 Å². The van der Waals surface area contributed by atoms with Gasteiger partial charge in [-0.1, -0.05) is 31.6 Å². The lowest BCUT2D eigenvalue weighted by Crippen LogP contribution is -2.17. The standard InChI is InChI=1S/C15H21NO2Si/c1-6-18-15(17)16-14-8-7-12(2)11-13(14)9-10-19(3,4)5/h7-8,11H,6H2,1-5H3,(H,16,17). The van der Waals surface area contributed by atoms with E-state index in [1.807, 2.05) is 25.1 Å². The predicted octanol–water partition coefficient (Wildman–Crippen LogP) is 3.79. The molecule has 1 aromatic carbocycles. The second-order valence-electron chi connectivity index (χ2n) is 5.39. The number of anilines is 1. The largest absolute Gasteiger partial charge is 0.450 e. The second-order valence-corrected chi connectivity index (χ2v) is 10.1. The van der Waals surface area contributed by atoms with Crippen molar-refractivity contribution in [3.05, 3.63) is 29.3 Å². The van der Waals surface area contributed by atoms with Crippen LogP contribution in [0.4, 0.5) is 10.5 Å². The van der Waals surface area contributed by atoms with Crippen LogP contribution in [0, 0.1) is 18.4 Å². The first kappa shape index (κ1) is 15.3. The smallest absolute Gasteiger partial charge is 0.411 e. The number of carbonyl (C=O) groups excluding carboxylic acids is 1. The van der Waals surface area contributed by atoms with E-state index in [0.717, 1.165) is 11.1 Å². The topological polar surface area (TPSA) is 38.3 Å². The van der Waals surface area contributed by atoms with Gasteiger partial charge in [0.15, 0.2) is 0 Å². The van der Waals surface area contributed by atoms with Gasteiger partial charge in [-0.3, -0.25) is 5.32 Å². The summed E-state index contributed by atoms with van der Waals surface area (Å²) in [6.45, 7) is 10.7. The summed E-state index contributed by atoms with van der Waals surface area (Å²) in [6.07, 6.45) is -0.442. The molecule has 0 unspecified atom stereocenters. The van der Waals surface area contributed by atoms with Crippen LogP contribution < -0.4 is 5.32 Å². The average Bonchev–Trinajstić information content (AvgIpc) is 2.29. The molecule has 0 radical (unpaired) electrons. The van der Waals surface area contributed by atoms with Gasteiger partial charge in [0.25, 0.3) is 0 Å². The molecule has 0 heterocycles. The molecule has 0 bridgehead atoms. The number of hydrogen-bond acceptors (Lipinski definition) is 2. The maximum absolute atomic E-state index is 11.5.